The summed E-state index contributed by atoms with van der Waals surface area (Å²) in [6.45, 7) is 12.8. The van der Waals surface area contributed by atoms with Crippen LogP contribution in [0.3, 0.4) is 0 Å². The first-order chi connectivity index (χ1) is 15.8. The van der Waals surface area contributed by atoms with Crippen molar-refractivity contribution in [2.24, 2.45) is 0 Å². The van der Waals surface area contributed by atoms with Crippen molar-refractivity contribution in [3.05, 3.63) is 69.3 Å². The molecule has 0 N–H and O–H groups in total. The molecule has 1 saturated heterocycles. The predicted octanol–water partition coefficient (Wildman–Crippen LogP) is 4.55. The number of fused-ring (bicyclic) bond motifs is 3. The molecule has 0 bridgehead atoms. The number of nitriles is 1. The fourth-order valence-corrected chi connectivity index (χ4v) is 5.73. The summed E-state index contributed by atoms with van der Waals surface area (Å²) in [6.07, 6.45) is 6.66. The number of terminal acetylenes is 1. The zero-order valence-corrected chi connectivity index (χ0v) is 19.8. The first-order valence-corrected chi connectivity index (χ1v) is 11.7. The van der Waals surface area contributed by atoms with Gasteiger partial charge in [0.25, 0.3) is 0 Å². The van der Waals surface area contributed by atoms with Gasteiger partial charge in [-0.1, -0.05) is 25.8 Å². The van der Waals surface area contributed by atoms with E-state index in [1.165, 1.54) is 0 Å². The number of hydrogen-bond acceptors (Lipinski definition) is 4. The normalized spacial score (nSPS) is 19.1. The largest absolute Gasteiger partial charge is 0.368 e. The van der Waals surface area contributed by atoms with Crippen LogP contribution in [-0.2, 0) is 11.8 Å². The van der Waals surface area contributed by atoms with E-state index < -0.39 is 0 Å². The number of allylic oxidation sites excluding steroid dienone is 2. The van der Waals surface area contributed by atoms with Crippen molar-refractivity contribution in [2.45, 2.75) is 45.6 Å². The zero-order chi connectivity index (χ0) is 23.5. The minimum atomic E-state index is -0.300. The van der Waals surface area contributed by atoms with Gasteiger partial charge >= 0.3 is 0 Å². The van der Waals surface area contributed by atoms with Crippen molar-refractivity contribution >= 4 is 17.0 Å². The lowest BCUT2D eigenvalue weighted by molar-refractivity contribution is 0.105. The van der Waals surface area contributed by atoms with Gasteiger partial charge in [0.1, 0.15) is 0 Å². The van der Waals surface area contributed by atoms with Gasteiger partial charge in [0, 0.05) is 54.3 Å². The van der Waals surface area contributed by atoms with Gasteiger partial charge < -0.3 is 4.90 Å². The molecule has 4 heteroatoms. The van der Waals surface area contributed by atoms with E-state index in [4.69, 9.17) is 6.42 Å². The fourth-order valence-electron chi connectivity index (χ4n) is 5.73. The predicted molar refractivity (Wildman–Crippen MR) is 132 cm³/mol. The maximum atomic E-state index is 13.8. The molecule has 166 valence electrons. The van der Waals surface area contributed by atoms with Crippen molar-refractivity contribution in [1.82, 2.24) is 4.90 Å². The minimum Gasteiger partial charge on any atom is -0.368 e. The Morgan fingerprint density at radius 3 is 2.42 bits per heavy atom. The van der Waals surface area contributed by atoms with Crippen molar-refractivity contribution in [3.8, 4) is 18.4 Å². The van der Waals surface area contributed by atoms with Crippen LogP contribution < -0.4 is 4.90 Å². The van der Waals surface area contributed by atoms with E-state index in [9.17, 15) is 10.1 Å². The highest BCUT2D eigenvalue weighted by molar-refractivity contribution is 6.33. The monoisotopic (exact) mass is 435 g/mol. The Balaban J connectivity index is 1.58. The summed E-state index contributed by atoms with van der Waals surface area (Å²) in [7, 11) is 0. The van der Waals surface area contributed by atoms with E-state index in [0.717, 1.165) is 65.3 Å². The van der Waals surface area contributed by atoms with Crippen LogP contribution in [-0.4, -0.2) is 42.9 Å². The van der Waals surface area contributed by atoms with Gasteiger partial charge in [-0.05, 0) is 66.8 Å². The molecule has 1 aliphatic heterocycles. The Morgan fingerprint density at radius 1 is 1.06 bits per heavy atom. The highest BCUT2D eigenvalue weighted by atomic mass is 16.1. The Bertz CT molecular complexity index is 1290. The number of piperazine rings is 1. The lowest BCUT2D eigenvalue weighted by atomic mass is 9.68. The van der Waals surface area contributed by atoms with E-state index in [0.29, 0.717) is 23.6 Å². The van der Waals surface area contributed by atoms with Crippen molar-refractivity contribution in [1.29, 1.82) is 5.26 Å². The summed E-state index contributed by atoms with van der Waals surface area (Å²) in [5.41, 5.74) is 7.93. The molecule has 0 unspecified atom stereocenters. The molecule has 2 aromatic carbocycles. The van der Waals surface area contributed by atoms with Crippen molar-refractivity contribution in [3.63, 3.8) is 0 Å². The molecule has 0 spiro atoms. The van der Waals surface area contributed by atoms with Crippen LogP contribution in [0.1, 0.15) is 65.9 Å². The van der Waals surface area contributed by atoms with E-state index in [-0.39, 0.29) is 11.2 Å². The summed E-state index contributed by atoms with van der Waals surface area (Å²) >= 11 is 0. The van der Waals surface area contributed by atoms with Crippen molar-refractivity contribution < 1.29 is 4.79 Å². The topological polar surface area (TPSA) is 47.3 Å². The number of anilines is 1. The highest BCUT2D eigenvalue weighted by Crippen LogP contribution is 2.51. The molecule has 1 fully saturated rings. The number of Topliss-reactive ketones (excluding diaryl/α,β-unsaturated/α-hetero) is 1. The highest BCUT2D eigenvalue weighted by Gasteiger charge is 2.43. The van der Waals surface area contributed by atoms with E-state index in [2.05, 4.69) is 55.6 Å². The fraction of sp³-hybridized carbons (Fsp3) is 0.379. The maximum absolute atomic E-state index is 13.8. The Kier molecular flexibility index (Phi) is 4.96. The van der Waals surface area contributed by atoms with Crippen LogP contribution in [0.2, 0.25) is 0 Å². The SMILES string of the molecule is C#Cc1cc2c(cc1N1CCN(C(C)C)CC1)C(C)(C)C1=C(C2=O)c2ccc(C#N)cc2C1. The Hall–Kier alpha value is -3.34. The maximum Gasteiger partial charge on any atom is 0.193 e. The number of rotatable bonds is 2. The lowest BCUT2D eigenvalue weighted by Gasteiger charge is -2.40. The third-order valence-corrected chi connectivity index (χ3v) is 7.75. The third-order valence-electron chi connectivity index (χ3n) is 7.75. The molecule has 3 aliphatic rings. The molecule has 5 rings (SSSR count). The molecule has 2 aromatic rings. The molecule has 0 saturated carbocycles. The van der Waals surface area contributed by atoms with Crippen LogP contribution in [0.15, 0.2) is 35.9 Å². The summed E-state index contributed by atoms with van der Waals surface area (Å²) in [5.74, 6) is 2.91. The molecule has 2 aliphatic carbocycles. The summed E-state index contributed by atoms with van der Waals surface area (Å²) < 4.78 is 0. The smallest absolute Gasteiger partial charge is 0.193 e. The number of carbonyl (C=O) groups is 1. The van der Waals surface area contributed by atoms with Gasteiger partial charge in [0.2, 0.25) is 0 Å². The number of hydrogen-bond donors (Lipinski definition) is 0. The number of benzene rings is 2. The molecule has 1 heterocycles. The third kappa shape index (κ3) is 3.21. The molecule has 0 amide bonds. The lowest BCUT2D eigenvalue weighted by Crippen LogP contribution is -2.49. The standard InChI is InChI=1S/C29H29N3O/c1-6-20-14-23-24(16-26(20)32-11-9-31(10-12-32)18(2)3)29(4,5)25-15-21-13-19(17-30)7-8-22(21)27(25)28(23)33/h1,7-8,13-14,16,18H,9-12,15H2,2-5H3. The van der Waals surface area contributed by atoms with E-state index in [1.807, 2.05) is 18.2 Å². The van der Waals surface area contributed by atoms with Gasteiger partial charge in [-0.25, -0.2) is 0 Å². The zero-order valence-electron chi connectivity index (χ0n) is 19.8. The van der Waals surface area contributed by atoms with Gasteiger partial charge in [-0.15, -0.1) is 6.42 Å². The first kappa shape index (κ1) is 21.5. The molecule has 0 atom stereocenters. The second-order valence-electron chi connectivity index (χ2n) is 10.1. The van der Waals surface area contributed by atoms with Gasteiger partial charge in [-0.2, -0.15) is 5.26 Å². The quantitative estimate of drug-likeness (QED) is 0.649. The van der Waals surface area contributed by atoms with E-state index in [1.54, 1.807) is 6.07 Å². The summed E-state index contributed by atoms with van der Waals surface area (Å²) in [6, 6.07) is 12.5. The first-order valence-electron chi connectivity index (χ1n) is 11.7. The molecule has 33 heavy (non-hydrogen) atoms. The van der Waals surface area contributed by atoms with E-state index >= 15 is 0 Å². The number of carbonyl (C=O) groups excluding carboxylic acids is 1. The van der Waals surface area contributed by atoms with Crippen LogP contribution in [0, 0.1) is 23.7 Å². The van der Waals surface area contributed by atoms with Gasteiger partial charge in [0.05, 0.1) is 17.3 Å². The Labute approximate surface area is 196 Å². The second kappa shape index (κ2) is 7.62. The van der Waals surface area contributed by atoms with Crippen molar-refractivity contribution in [2.75, 3.05) is 31.1 Å². The molecule has 0 radical (unpaired) electrons. The molecular formula is C29H29N3O. The second-order valence-corrected chi connectivity index (χ2v) is 10.1. The Morgan fingerprint density at radius 2 is 1.79 bits per heavy atom. The van der Waals surface area contributed by atoms with Gasteiger partial charge in [0.15, 0.2) is 5.78 Å². The average molecular weight is 436 g/mol. The van der Waals surface area contributed by atoms with Crippen LogP contribution in [0.4, 0.5) is 5.69 Å². The van der Waals surface area contributed by atoms with Crippen LogP contribution in [0.5, 0.6) is 0 Å². The summed E-state index contributed by atoms with van der Waals surface area (Å²) in [5, 5.41) is 9.33. The minimum absolute atomic E-state index is 0.0514. The van der Waals surface area contributed by atoms with Gasteiger partial charge in [-0.3, -0.25) is 9.69 Å². The number of ketones is 1. The van der Waals surface area contributed by atoms with Crippen LogP contribution in [0.25, 0.3) is 5.57 Å². The molecule has 0 aromatic heterocycles. The number of nitrogens with zero attached hydrogens (tertiary/aromatic N) is 3. The molecular weight excluding hydrogens is 406 g/mol. The molecule has 4 nitrogen and oxygen atoms in total. The van der Waals surface area contributed by atoms with Crippen LogP contribution >= 0.6 is 0 Å². The average Bonchev–Trinajstić information content (AvgIpc) is 3.22. The summed E-state index contributed by atoms with van der Waals surface area (Å²) in [4.78, 5) is 18.6.